The molecule has 0 amide bonds. The average Bonchev–Trinajstić information content (AvgIpc) is 3.81. The molecular weight excluding hydrogens is 660 g/mol. The molecule has 5 aliphatic heterocycles. The first-order valence-electron chi connectivity index (χ1n) is 19.6. The monoisotopic (exact) mass is 728 g/mol. The van der Waals surface area contributed by atoms with Crippen LogP contribution in [0.2, 0.25) is 0 Å². The highest BCUT2D eigenvalue weighted by Crippen LogP contribution is 2.55. The molecule has 0 saturated carbocycles. The summed E-state index contributed by atoms with van der Waals surface area (Å²) >= 11 is 0. The second-order valence-electron chi connectivity index (χ2n) is 17.1. The highest BCUT2D eigenvalue weighted by molar-refractivity contribution is 5.72. The lowest BCUT2D eigenvalue weighted by molar-refractivity contribution is -0.336. The lowest BCUT2D eigenvalue weighted by atomic mass is 9.78. The van der Waals surface area contributed by atoms with Crippen molar-refractivity contribution >= 4 is 5.97 Å². The third-order valence-electron chi connectivity index (χ3n) is 13.6. The number of hydrogen-bond acceptors (Lipinski definition) is 12. The highest BCUT2D eigenvalue weighted by atomic mass is 16.7. The van der Waals surface area contributed by atoms with Crippen LogP contribution in [-0.2, 0) is 42.7 Å². The van der Waals surface area contributed by atoms with Gasteiger partial charge in [-0.15, -0.1) is 0 Å². The molecule has 0 radical (unpaired) electrons. The standard InChI is InChI=1S/C39H68O12/c1-11-37(34-23(3)19-29(47-34)31-22(2)18-24(4)39(43,21-40)50-31)13-12-30(48-37)36(8)14-15-38(51-36)20-28(41)25(5)33(49-38)26(6)32(45-10)27(7)35(42)46-17-16-44-9/h22-34,40-41,43H,11-21H2,1-10H3. The summed E-state index contributed by atoms with van der Waals surface area (Å²) in [6.07, 6.45) is 3.19. The maximum Gasteiger partial charge on any atom is 0.311 e. The van der Waals surface area contributed by atoms with Gasteiger partial charge in [0.25, 0.3) is 0 Å². The summed E-state index contributed by atoms with van der Waals surface area (Å²) in [5.41, 5.74) is -1.14. The van der Waals surface area contributed by atoms with Gasteiger partial charge in [-0.05, 0) is 64.2 Å². The van der Waals surface area contributed by atoms with E-state index in [-0.39, 0.29) is 66.6 Å². The number of carbonyl (C=O) groups is 1. The third-order valence-corrected chi connectivity index (χ3v) is 13.6. The van der Waals surface area contributed by atoms with Crippen molar-refractivity contribution in [3.63, 3.8) is 0 Å². The van der Waals surface area contributed by atoms with Crippen molar-refractivity contribution in [1.29, 1.82) is 0 Å². The van der Waals surface area contributed by atoms with Gasteiger partial charge in [-0.25, -0.2) is 0 Å². The van der Waals surface area contributed by atoms with Gasteiger partial charge in [0.1, 0.15) is 6.61 Å². The first-order chi connectivity index (χ1) is 24.0. The molecule has 12 nitrogen and oxygen atoms in total. The molecule has 5 rings (SSSR count). The van der Waals surface area contributed by atoms with Crippen LogP contribution in [0, 0.1) is 35.5 Å². The fraction of sp³-hybridized carbons (Fsp3) is 0.974. The molecule has 5 aliphatic rings. The Bertz CT molecular complexity index is 1170. The van der Waals surface area contributed by atoms with Crippen molar-refractivity contribution in [3.05, 3.63) is 0 Å². The van der Waals surface area contributed by atoms with Crippen molar-refractivity contribution in [1.82, 2.24) is 0 Å². The molecule has 296 valence electrons. The van der Waals surface area contributed by atoms with Crippen LogP contribution in [-0.4, -0.2) is 121 Å². The number of aliphatic hydroxyl groups is 3. The average molecular weight is 729 g/mol. The number of methoxy groups -OCH3 is 2. The van der Waals surface area contributed by atoms with Crippen LogP contribution < -0.4 is 0 Å². The number of esters is 1. The smallest absolute Gasteiger partial charge is 0.311 e. The second-order valence-corrected chi connectivity index (χ2v) is 17.1. The zero-order valence-electron chi connectivity index (χ0n) is 32.8. The van der Waals surface area contributed by atoms with Gasteiger partial charge in [-0.2, -0.15) is 0 Å². The van der Waals surface area contributed by atoms with Gasteiger partial charge in [-0.1, -0.05) is 41.5 Å². The molecule has 0 aliphatic carbocycles. The van der Waals surface area contributed by atoms with E-state index in [0.29, 0.717) is 25.9 Å². The molecule has 0 bridgehead atoms. The third kappa shape index (κ3) is 7.93. The van der Waals surface area contributed by atoms with E-state index in [0.717, 1.165) is 32.1 Å². The molecular formula is C39H68O12. The van der Waals surface area contributed by atoms with Crippen LogP contribution in [0.3, 0.4) is 0 Å². The minimum absolute atomic E-state index is 0.151. The zero-order valence-corrected chi connectivity index (χ0v) is 32.8. The van der Waals surface area contributed by atoms with Crippen molar-refractivity contribution in [3.8, 4) is 0 Å². The molecule has 0 aromatic heterocycles. The Hall–Kier alpha value is -0.930. The van der Waals surface area contributed by atoms with E-state index in [1.165, 1.54) is 0 Å². The predicted molar refractivity (Wildman–Crippen MR) is 188 cm³/mol. The van der Waals surface area contributed by atoms with Crippen molar-refractivity contribution in [2.75, 3.05) is 34.0 Å². The van der Waals surface area contributed by atoms with Gasteiger partial charge >= 0.3 is 5.97 Å². The summed E-state index contributed by atoms with van der Waals surface area (Å²) in [6, 6.07) is 0. The summed E-state index contributed by atoms with van der Waals surface area (Å²) in [5.74, 6) is -3.68. The number of aliphatic hydroxyl groups excluding tert-OH is 2. The lowest BCUT2D eigenvalue weighted by Crippen LogP contribution is -2.57. The van der Waals surface area contributed by atoms with Crippen LogP contribution in [0.25, 0.3) is 0 Å². The topological polar surface area (TPSA) is 152 Å². The Morgan fingerprint density at radius 3 is 2.35 bits per heavy atom. The van der Waals surface area contributed by atoms with Crippen LogP contribution in [0.4, 0.5) is 0 Å². The first kappa shape index (κ1) is 41.2. The Morgan fingerprint density at radius 2 is 1.71 bits per heavy atom. The van der Waals surface area contributed by atoms with Crippen LogP contribution in [0.15, 0.2) is 0 Å². The van der Waals surface area contributed by atoms with E-state index in [2.05, 4.69) is 27.7 Å². The van der Waals surface area contributed by atoms with E-state index in [4.69, 9.17) is 37.9 Å². The summed E-state index contributed by atoms with van der Waals surface area (Å²) in [5, 5.41) is 32.4. The van der Waals surface area contributed by atoms with E-state index >= 15 is 0 Å². The van der Waals surface area contributed by atoms with E-state index in [9.17, 15) is 20.1 Å². The molecule has 17 atom stereocenters. The normalized spacial score (nSPS) is 47.8. The Kier molecular flexibility index (Phi) is 13.0. The Morgan fingerprint density at radius 1 is 0.980 bits per heavy atom. The molecule has 5 fully saturated rings. The summed E-state index contributed by atoms with van der Waals surface area (Å²) in [7, 11) is 3.15. The van der Waals surface area contributed by atoms with E-state index < -0.39 is 53.6 Å². The van der Waals surface area contributed by atoms with Gasteiger partial charge in [0.05, 0.1) is 73.1 Å². The Labute approximate surface area is 305 Å². The number of carbonyl (C=O) groups excluding carboxylic acids is 1. The van der Waals surface area contributed by atoms with Gasteiger partial charge in [-0.3, -0.25) is 4.79 Å². The fourth-order valence-corrected chi connectivity index (χ4v) is 10.3. The molecule has 5 saturated heterocycles. The van der Waals surface area contributed by atoms with Crippen LogP contribution >= 0.6 is 0 Å². The minimum Gasteiger partial charge on any atom is -0.463 e. The summed E-state index contributed by atoms with van der Waals surface area (Å²) < 4.78 is 50.4. The van der Waals surface area contributed by atoms with Gasteiger partial charge in [0.15, 0.2) is 11.6 Å². The quantitative estimate of drug-likeness (QED) is 0.182. The summed E-state index contributed by atoms with van der Waals surface area (Å²) in [6.45, 7) is 16.4. The fourth-order valence-electron chi connectivity index (χ4n) is 10.3. The zero-order chi connectivity index (χ0) is 37.5. The molecule has 0 aromatic carbocycles. The van der Waals surface area contributed by atoms with E-state index in [1.54, 1.807) is 21.1 Å². The van der Waals surface area contributed by atoms with Gasteiger partial charge in [0.2, 0.25) is 0 Å². The summed E-state index contributed by atoms with van der Waals surface area (Å²) in [4.78, 5) is 12.9. The lowest BCUT2D eigenvalue weighted by Gasteiger charge is -2.49. The first-order valence-corrected chi connectivity index (χ1v) is 19.6. The van der Waals surface area contributed by atoms with Gasteiger partial charge < -0.3 is 53.2 Å². The number of rotatable bonds is 13. The maximum absolute atomic E-state index is 12.9. The number of hydrogen-bond donors (Lipinski definition) is 3. The largest absolute Gasteiger partial charge is 0.463 e. The van der Waals surface area contributed by atoms with Gasteiger partial charge in [0, 0.05) is 44.8 Å². The maximum atomic E-state index is 12.9. The predicted octanol–water partition coefficient (Wildman–Crippen LogP) is 4.38. The highest BCUT2D eigenvalue weighted by Gasteiger charge is 2.62. The van der Waals surface area contributed by atoms with Crippen molar-refractivity contribution in [2.45, 2.75) is 172 Å². The number of ether oxygens (including phenoxy) is 8. The molecule has 0 aromatic rings. The SMILES string of the molecule is CCC1(C2OC(C3OC(O)(CO)C(C)CC3C)CC2C)CCC(C2(C)CCC3(CC(O)C(C)C(C(C)C(OC)C(C)C(=O)OCCOC)O3)O2)O1. The minimum atomic E-state index is -1.56. The Balaban J connectivity index is 1.26. The van der Waals surface area contributed by atoms with Crippen LogP contribution in [0.5, 0.6) is 0 Å². The molecule has 17 unspecified atom stereocenters. The molecule has 51 heavy (non-hydrogen) atoms. The van der Waals surface area contributed by atoms with Crippen molar-refractivity contribution in [2.24, 2.45) is 35.5 Å². The second kappa shape index (κ2) is 16.0. The van der Waals surface area contributed by atoms with Crippen molar-refractivity contribution < 1.29 is 58.0 Å². The molecule has 5 heterocycles. The van der Waals surface area contributed by atoms with E-state index in [1.807, 2.05) is 20.8 Å². The molecule has 1 spiro atoms. The van der Waals surface area contributed by atoms with Crippen LogP contribution in [0.1, 0.15) is 107 Å². The molecule has 3 N–H and O–H groups in total. The molecule has 12 heteroatoms.